The first-order valence-electron chi connectivity index (χ1n) is 5.76. The van der Waals surface area contributed by atoms with E-state index in [9.17, 15) is 0 Å². The van der Waals surface area contributed by atoms with Crippen LogP contribution < -0.4 is 4.74 Å². The van der Waals surface area contributed by atoms with Crippen LogP contribution >= 0.6 is 11.8 Å². The third-order valence-corrected chi connectivity index (χ3v) is 3.38. The summed E-state index contributed by atoms with van der Waals surface area (Å²) in [6.45, 7) is 6.32. The van der Waals surface area contributed by atoms with Crippen LogP contribution in [0.3, 0.4) is 0 Å². The molecule has 0 fully saturated rings. The lowest BCUT2D eigenvalue weighted by Gasteiger charge is -2.06. The summed E-state index contributed by atoms with van der Waals surface area (Å²) >= 11 is 1.76. The van der Waals surface area contributed by atoms with E-state index in [1.54, 1.807) is 18.9 Å². The first kappa shape index (κ1) is 13.2. The number of hydrogen-bond acceptors (Lipinski definition) is 2. The van der Waals surface area contributed by atoms with E-state index < -0.39 is 0 Å². The third kappa shape index (κ3) is 4.75. The molecular formula is C14H20OS. The Labute approximate surface area is 103 Å². The summed E-state index contributed by atoms with van der Waals surface area (Å²) in [5, 5.41) is 0. The lowest BCUT2D eigenvalue weighted by Crippen LogP contribution is -1.82. The van der Waals surface area contributed by atoms with E-state index in [1.807, 2.05) is 12.1 Å². The highest BCUT2D eigenvalue weighted by molar-refractivity contribution is 8.03. The van der Waals surface area contributed by atoms with Gasteiger partial charge in [-0.3, -0.25) is 0 Å². The summed E-state index contributed by atoms with van der Waals surface area (Å²) < 4.78 is 5.12. The van der Waals surface area contributed by atoms with Gasteiger partial charge in [-0.1, -0.05) is 38.1 Å². The lowest BCUT2D eigenvalue weighted by atomic mass is 10.2. The number of thioether (sulfide) groups is 1. The second-order valence-corrected chi connectivity index (χ2v) is 5.03. The van der Waals surface area contributed by atoms with Crippen molar-refractivity contribution in [3.63, 3.8) is 0 Å². The Morgan fingerprint density at radius 1 is 1.25 bits per heavy atom. The molecule has 0 aromatic heterocycles. The van der Waals surface area contributed by atoms with Gasteiger partial charge in [0.05, 0.1) is 7.11 Å². The molecule has 0 radical (unpaired) electrons. The highest BCUT2D eigenvalue weighted by Crippen LogP contribution is 2.29. The van der Waals surface area contributed by atoms with E-state index >= 15 is 0 Å². The van der Waals surface area contributed by atoms with Gasteiger partial charge in [0.15, 0.2) is 0 Å². The summed E-state index contributed by atoms with van der Waals surface area (Å²) in [6.07, 6.45) is 4.92. The monoisotopic (exact) mass is 236 g/mol. The fourth-order valence-electron chi connectivity index (χ4n) is 1.43. The number of rotatable bonds is 7. The maximum atomic E-state index is 5.12. The van der Waals surface area contributed by atoms with Crippen LogP contribution in [0.15, 0.2) is 40.6 Å². The minimum atomic E-state index is 0.904. The molecule has 0 atom stereocenters. The van der Waals surface area contributed by atoms with Crippen molar-refractivity contribution in [3.05, 3.63) is 35.7 Å². The minimum Gasteiger partial charge on any atom is -0.497 e. The van der Waals surface area contributed by atoms with Crippen molar-refractivity contribution in [2.75, 3.05) is 7.11 Å². The van der Waals surface area contributed by atoms with E-state index in [-0.39, 0.29) is 0 Å². The SMILES string of the molecule is C=C(CCCCC)Sc1ccc(OC)cc1. The van der Waals surface area contributed by atoms with Crippen LogP contribution in [0.2, 0.25) is 0 Å². The minimum absolute atomic E-state index is 0.904. The van der Waals surface area contributed by atoms with Crippen LogP contribution in [0.4, 0.5) is 0 Å². The van der Waals surface area contributed by atoms with Gasteiger partial charge in [0.25, 0.3) is 0 Å². The van der Waals surface area contributed by atoms with Crippen molar-refractivity contribution in [1.82, 2.24) is 0 Å². The molecule has 1 aromatic rings. The number of benzene rings is 1. The molecule has 1 aromatic carbocycles. The second-order valence-electron chi connectivity index (χ2n) is 3.77. The first-order chi connectivity index (χ1) is 7.76. The van der Waals surface area contributed by atoms with Crippen molar-refractivity contribution in [2.45, 2.75) is 37.5 Å². The van der Waals surface area contributed by atoms with E-state index in [1.165, 1.54) is 29.1 Å². The molecule has 0 spiro atoms. The van der Waals surface area contributed by atoms with Crippen molar-refractivity contribution >= 4 is 11.8 Å². The van der Waals surface area contributed by atoms with E-state index in [0.717, 1.165) is 12.2 Å². The second kappa shape index (κ2) is 7.39. The Kier molecular flexibility index (Phi) is 6.09. The highest BCUT2D eigenvalue weighted by Gasteiger charge is 1.99. The Morgan fingerprint density at radius 2 is 1.94 bits per heavy atom. The maximum absolute atomic E-state index is 5.12. The molecular weight excluding hydrogens is 216 g/mol. The van der Waals surface area contributed by atoms with Crippen molar-refractivity contribution in [2.24, 2.45) is 0 Å². The molecule has 16 heavy (non-hydrogen) atoms. The smallest absolute Gasteiger partial charge is 0.118 e. The van der Waals surface area contributed by atoms with Crippen molar-refractivity contribution in [1.29, 1.82) is 0 Å². The summed E-state index contributed by atoms with van der Waals surface area (Å²) in [4.78, 5) is 2.49. The predicted octanol–water partition coefficient (Wildman–Crippen LogP) is 4.88. The Hall–Kier alpha value is -0.890. The molecule has 0 aliphatic carbocycles. The zero-order valence-electron chi connectivity index (χ0n) is 10.2. The van der Waals surface area contributed by atoms with Gasteiger partial charge in [-0.05, 0) is 42.0 Å². The zero-order chi connectivity index (χ0) is 11.8. The van der Waals surface area contributed by atoms with E-state index in [2.05, 4.69) is 25.6 Å². The molecule has 0 amide bonds. The van der Waals surface area contributed by atoms with E-state index in [0.29, 0.717) is 0 Å². The fourth-order valence-corrected chi connectivity index (χ4v) is 2.29. The van der Waals surface area contributed by atoms with Gasteiger partial charge < -0.3 is 4.74 Å². The Balaban J connectivity index is 2.37. The molecule has 0 N–H and O–H groups in total. The molecule has 0 unspecified atom stereocenters. The zero-order valence-corrected chi connectivity index (χ0v) is 11.0. The number of ether oxygens (including phenoxy) is 1. The van der Waals surface area contributed by atoms with E-state index in [4.69, 9.17) is 4.74 Å². The molecule has 0 aliphatic rings. The van der Waals surface area contributed by atoms with Gasteiger partial charge in [0.1, 0.15) is 5.75 Å². The summed E-state index contributed by atoms with van der Waals surface area (Å²) in [5.74, 6) is 0.904. The summed E-state index contributed by atoms with van der Waals surface area (Å²) in [6, 6.07) is 8.13. The van der Waals surface area contributed by atoms with Crippen LogP contribution in [-0.2, 0) is 0 Å². The Morgan fingerprint density at radius 3 is 2.50 bits per heavy atom. The van der Waals surface area contributed by atoms with Gasteiger partial charge in [-0.25, -0.2) is 0 Å². The largest absolute Gasteiger partial charge is 0.497 e. The maximum Gasteiger partial charge on any atom is 0.118 e. The van der Waals surface area contributed by atoms with Crippen molar-refractivity contribution < 1.29 is 4.74 Å². The normalized spacial score (nSPS) is 10.1. The summed E-state index contributed by atoms with van der Waals surface area (Å²) in [5.41, 5.74) is 0. The molecule has 1 nitrogen and oxygen atoms in total. The predicted molar refractivity (Wildman–Crippen MR) is 72.1 cm³/mol. The van der Waals surface area contributed by atoms with Gasteiger partial charge in [0.2, 0.25) is 0 Å². The number of unbranched alkanes of at least 4 members (excludes halogenated alkanes) is 2. The molecule has 2 heteroatoms. The quantitative estimate of drug-likeness (QED) is 0.493. The number of allylic oxidation sites excluding steroid dienone is 1. The van der Waals surface area contributed by atoms with Crippen molar-refractivity contribution in [3.8, 4) is 5.75 Å². The summed E-state index contributed by atoms with van der Waals surface area (Å²) in [7, 11) is 1.69. The van der Waals surface area contributed by atoms with Crippen LogP contribution in [-0.4, -0.2) is 7.11 Å². The molecule has 0 bridgehead atoms. The van der Waals surface area contributed by atoms with Gasteiger partial charge in [0, 0.05) is 4.90 Å². The fraction of sp³-hybridized carbons (Fsp3) is 0.429. The van der Waals surface area contributed by atoms with Gasteiger partial charge in [-0.2, -0.15) is 0 Å². The molecule has 0 aliphatic heterocycles. The third-order valence-electron chi connectivity index (χ3n) is 2.38. The van der Waals surface area contributed by atoms with Crippen LogP contribution in [0.1, 0.15) is 32.6 Å². The number of methoxy groups -OCH3 is 1. The first-order valence-corrected chi connectivity index (χ1v) is 6.57. The molecule has 0 heterocycles. The molecule has 88 valence electrons. The standard InChI is InChI=1S/C14H20OS/c1-4-5-6-7-12(2)16-14-10-8-13(15-3)9-11-14/h8-11H,2,4-7H2,1,3H3. The van der Waals surface area contributed by atoms with Crippen LogP contribution in [0, 0.1) is 0 Å². The lowest BCUT2D eigenvalue weighted by molar-refractivity contribution is 0.414. The molecule has 0 saturated heterocycles. The Bertz CT molecular complexity index is 316. The topological polar surface area (TPSA) is 9.23 Å². The van der Waals surface area contributed by atoms with Crippen LogP contribution in [0.5, 0.6) is 5.75 Å². The average Bonchev–Trinajstić information content (AvgIpc) is 2.30. The number of hydrogen-bond donors (Lipinski definition) is 0. The highest BCUT2D eigenvalue weighted by atomic mass is 32.2. The van der Waals surface area contributed by atoms with Gasteiger partial charge >= 0.3 is 0 Å². The average molecular weight is 236 g/mol. The van der Waals surface area contributed by atoms with Crippen LogP contribution in [0.25, 0.3) is 0 Å². The molecule has 0 saturated carbocycles. The molecule has 1 rings (SSSR count). The van der Waals surface area contributed by atoms with Gasteiger partial charge in [-0.15, -0.1) is 0 Å².